The molecule has 0 aromatic heterocycles. The van der Waals surface area contributed by atoms with Gasteiger partial charge in [-0.05, 0) is 38.1 Å². The molecule has 3 nitrogen and oxygen atoms in total. The minimum absolute atomic E-state index is 0.469. The second-order valence-electron chi connectivity index (χ2n) is 4.01. The van der Waals surface area contributed by atoms with Crippen molar-refractivity contribution in [2.24, 2.45) is 0 Å². The average molecular weight is 286 g/mol. The summed E-state index contributed by atoms with van der Waals surface area (Å²) in [5.41, 5.74) is 2.28. The number of hydrogen-bond acceptors (Lipinski definition) is 2. The number of aryl methyl sites for hydroxylation is 1. The molecule has 0 amide bonds. The van der Waals surface area contributed by atoms with E-state index in [1.165, 1.54) is 0 Å². The van der Waals surface area contributed by atoms with E-state index in [0.717, 1.165) is 15.6 Å². The number of hydrogen-bond donors (Lipinski definition) is 1. The van der Waals surface area contributed by atoms with Crippen molar-refractivity contribution in [2.45, 2.75) is 26.4 Å². The molecule has 0 aliphatic heterocycles. The second kappa shape index (κ2) is 5.46. The lowest BCUT2D eigenvalue weighted by atomic mass is 10.1. The number of carbonyl (C=O) groups is 1. The molecule has 16 heavy (non-hydrogen) atoms. The second-order valence-corrected chi connectivity index (χ2v) is 4.87. The maximum absolute atomic E-state index is 10.8. The molecule has 0 saturated heterocycles. The Kier molecular flexibility index (Phi) is 4.50. The SMILES string of the molecule is Cc1cc(CN(C)C(C)C(=O)O)ccc1Br. The molecule has 0 heterocycles. The number of carboxylic acid groups (broad SMARTS) is 1. The van der Waals surface area contributed by atoms with E-state index < -0.39 is 12.0 Å². The molecule has 88 valence electrons. The van der Waals surface area contributed by atoms with Crippen molar-refractivity contribution in [3.05, 3.63) is 33.8 Å². The third kappa shape index (κ3) is 3.32. The zero-order valence-corrected chi connectivity index (χ0v) is 11.3. The van der Waals surface area contributed by atoms with Crippen LogP contribution < -0.4 is 0 Å². The molecule has 4 heteroatoms. The maximum Gasteiger partial charge on any atom is 0.320 e. The molecule has 0 bridgehead atoms. The quantitative estimate of drug-likeness (QED) is 0.925. The fraction of sp³-hybridized carbons (Fsp3) is 0.417. The summed E-state index contributed by atoms with van der Waals surface area (Å²) in [5.74, 6) is -0.795. The average Bonchev–Trinajstić information content (AvgIpc) is 2.22. The zero-order chi connectivity index (χ0) is 12.3. The van der Waals surface area contributed by atoms with Crippen molar-refractivity contribution in [2.75, 3.05) is 7.05 Å². The van der Waals surface area contributed by atoms with Gasteiger partial charge < -0.3 is 5.11 Å². The largest absolute Gasteiger partial charge is 0.480 e. The minimum Gasteiger partial charge on any atom is -0.480 e. The van der Waals surface area contributed by atoms with Crippen LogP contribution in [0.2, 0.25) is 0 Å². The lowest BCUT2D eigenvalue weighted by Gasteiger charge is -2.21. The Morgan fingerprint density at radius 1 is 1.56 bits per heavy atom. The zero-order valence-electron chi connectivity index (χ0n) is 9.70. The van der Waals surface area contributed by atoms with Crippen molar-refractivity contribution < 1.29 is 9.90 Å². The van der Waals surface area contributed by atoms with Gasteiger partial charge in [-0.3, -0.25) is 9.69 Å². The van der Waals surface area contributed by atoms with Crippen molar-refractivity contribution in [1.29, 1.82) is 0 Å². The van der Waals surface area contributed by atoms with E-state index in [4.69, 9.17) is 5.11 Å². The first kappa shape index (κ1) is 13.2. The molecule has 1 atom stereocenters. The summed E-state index contributed by atoms with van der Waals surface area (Å²) < 4.78 is 1.07. The van der Waals surface area contributed by atoms with Crippen LogP contribution in [-0.4, -0.2) is 29.1 Å². The van der Waals surface area contributed by atoms with E-state index in [1.54, 1.807) is 6.92 Å². The Balaban J connectivity index is 2.73. The minimum atomic E-state index is -0.795. The van der Waals surface area contributed by atoms with Gasteiger partial charge in [-0.1, -0.05) is 28.1 Å². The molecule has 0 spiro atoms. The summed E-state index contributed by atoms with van der Waals surface area (Å²) in [5, 5.41) is 8.88. The number of likely N-dealkylation sites (N-methyl/N-ethyl adjacent to an activating group) is 1. The monoisotopic (exact) mass is 285 g/mol. The van der Waals surface area contributed by atoms with Gasteiger partial charge in [0.25, 0.3) is 0 Å². The van der Waals surface area contributed by atoms with E-state index in [-0.39, 0.29) is 0 Å². The molecular formula is C12H16BrNO2. The number of halogens is 1. The molecule has 1 N–H and O–H groups in total. The van der Waals surface area contributed by atoms with E-state index in [2.05, 4.69) is 22.0 Å². The molecule has 0 aliphatic rings. The molecule has 0 fully saturated rings. The van der Waals surface area contributed by atoms with Crippen LogP contribution in [0.25, 0.3) is 0 Å². The highest BCUT2D eigenvalue weighted by Gasteiger charge is 2.16. The van der Waals surface area contributed by atoms with Crippen LogP contribution in [0.4, 0.5) is 0 Å². The Morgan fingerprint density at radius 2 is 2.19 bits per heavy atom. The highest BCUT2D eigenvalue weighted by atomic mass is 79.9. The van der Waals surface area contributed by atoms with Crippen molar-refractivity contribution in [1.82, 2.24) is 4.90 Å². The summed E-state index contributed by atoms with van der Waals surface area (Å²) >= 11 is 3.44. The van der Waals surface area contributed by atoms with Gasteiger partial charge >= 0.3 is 5.97 Å². The third-order valence-corrected chi connectivity index (χ3v) is 3.56. The summed E-state index contributed by atoms with van der Waals surface area (Å²) in [6.07, 6.45) is 0. The Morgan fingerprint density at radius 3 is 2.69 bits per heavy atom. The van der Waals surface area contributed by atoms with Crippen LogP contribution >= 0.6 is 15.9 Å². The first-order valence-corrected chi connectivity index (χ1v) is 5.89. The van der Waals surface area contributed by atoms with Crippen molar-refractivity contribution in [3.63, 3.8) is 0 Å². The van der Waals surface area contributed by atoms with Gasteiger partial charge in [-0.2, -0.15) is 0 Å². The first-order chi connectivity index (χ1) is 7.41. The van der Waals surface area contributed by atoms with E-state index in [9.17, 15) is 4.79 Å². The summed E-state index contributed by atoms with van der Waals surface area (Å²) in [4.78, 5) is 12.6. The van der Waals surface area contributed by atoms with Gasteiger partial charge in [-0.15, -0.1) is 0 Å². The smallest absolute Gasteiger partial charge is 0.320 e. The van der Waals surface area contributed by atoms with E-state index in [1.807, 2.05) is 31.0 Å². The Hall–Kier alpha value is -0.870. The lowest BCUT2D eigenvalue weighted by molar-refractivity contribution is -0.142. The van der Waals surface area contributed by atoms with Gasteiger partial charge in [0, 0.05) is 11.0 Å². The summed E-state index contributed by atoms with van der Waals surface area (Å²) in [7, 11) is 1.82. The number of aliphatic carboxylic acids is 1. The van der Waals surface area contributed by atoms with Gasteiger partial charge in [0.05, 0.1) is 0 Å². The van der Waals surface area contributed by atoms with Crippen LogP contribution in [0, 0.1) is 6.92 Å². The van der Waals surface area contributed by atoms with Crippen molar-refractivity contribution in [3.8, 4) is 0 Å². The highest BCUT2D eigenvalue weighted by Crippen LogP contribution is 2.18. The molecular weight excluding hydrogens is 270 g/mol. The van der Waals surface area contributed by atoms with Crippen LogP contribution in [0.15, 0.2) is 22.7 Å². The van der Waals surface area contributed by atoms with Gasteiger partial charge in [0.2, 0.25) is 0 Å². The lowest BCUT2D eigenvalue weighted by Crippen LogP contribution is -2.35. The normalized spacial score (nSPS) is 12.8. The number of benzene rings is 1. The van der Waals surface area contributed by atoms with E-state index >= 15 is 0 Å². The Bertz CT molecular complexity index is 393. The highest BCUT2D eigenvalue weighted by molar-refractivity contribution is 9.10. The predicted molar refractivity (Wildman–Crippen MR) is 67.4 cm³/mol. The predicted octanol–water partition coefficient (Wildman–Crippen LogP) is 2.66. The number of nitrogens with zero attached hydrogens (tertiary/aromatic N) is 1. The van der Waals surface area contributed by atoms with Gasteiger partial charge in [0.1, 0.15) is 6.04 Å². The summed E-state index contributed by atoms with van der Waals surface area (Å²) in [6, 6.07) is 5.59. The molecule has 1 aromatic rings. The number of carboxylic acids is 1. The van der Waals surface area contributed by atoms with Crippen LogP contribution in [0.5, 0.6) is 0 Å². The maximum atomic E-state index is 10.8. The molecule has 1 aromatic carbocycles. The summed E-state index contributed by atoms with van der Waals surface area (Å²) in [6.45, 7) is 4.35. The van der Waals surface area contributed by atoms with Gasteiger partial charge in [0.15, 0.2) is 0 Å². The molecule has 1 rings (SSSR count). The fourth-order valence-corrected chi connectivity index (χ4v) is 1.67. The molecule has 0 saturated carbocycles. The number of rotatable bonds is 4. The molecule has 1 unspecified atom stereocenters. The van der Waals surface area contributed by atoms with Gasteiger partial charge in [-0.25, -0.2) is 0 Å². The first-order valence-electron chi connectivity index (χ1n) is 5.10. The van der Waals surface area contributed by atoms with Crippen molar-refractivity contribution >= 4 is 21.9 Å². The fourth-order valence-electron chi connectivity index (χ4n) is 1.42. The van der Waals surface area contributed by atoms with Crippen LogP contribution in [0.3, 0.4) is 0 Å². The standard InChI is InChI=1S/C12H16BrNO2/c1-8-6-10(4-5-11(8)13)7-14(3)9(2)12(15)16/h4-6,9H,7H2,1-3H3,(H,15,16). The Labute approximate surface area is 104 Å². The van der Waals surface area contributed by atoms with Crippen LogP contribution in [0.1, 0.15) is 18.1 Å². The molecule has 0 radical (unpaired) electrons. The van der Waals surface area contributed by atoms with Crippen LogP contribution in [-0.2, 0) is 11.3 Å². The third-order valence-electron chi connectivity index (χ3n) is 2.67. The molecule has 0 aliphatic carbocycles. The van der Waals surface area contributed by atoms with E-state index in [0.29, 0.717) is 6.54 Å². The topological polar surface area (TPSA) is 40.5 Å².